The lowest BCUT2D eigenvalue weighted by atomic mass is 10.1. The molecule has 2 unspecified atom stereocenters. The van der Waals surface area contributed by atoms with Crippen LogP contribution in [-0.2, 0) is 4.79 Å². The van der Waals surface area contributed by atoms with Gasteiger partial charge in [-0.15, -0.1) is 0 Å². The number of carbonyl (C=O) groups excluding carboxylic acids is 1. The lowest BCUT2D eigenvalue weighted by Crippen LogP contribution is -2.33. The Morgan fingerprint density at radius 2 is 2.32 bits per heavy atom. The summed E-state index contributed by atoms with van der Waals surface area (Å²) in [5.41, 5.74) is 0.888. The number of amides is 1. The molecule has 0 radical (unpaired) electrons. The molecule has 1 saturated heterocycles. The molecule has 5 heteroatoms. The lowest BCUT2D eigenvalue weighted by molar-refractivity contribution is -0.122. The molecule has 19 heavy (non-hydrogen) atoms. The molecular weight excluding hydrogens is 283 g/mol. The monoisotopic (exact) mass is 300 g/mol. The van der Waals surface area contributed by atoms with E-state index in [9.17, 15) is 4.79 Å². The van der Waals surface area contributed by atoms with Gasteiger partial charge in [0.05, 0.1) is 6.04 Å². The molecule has 0 saturated carbocycles. The normalized spacial score (nSPS) is 20.3. The van der Waals surface area contributed by atoms with Gasteiger partial charge in [0, 0.05) is 22.5 Å². The van der Waals surface area contributed by atoms with Gasteiger partial charge in [0.15, 0.2) is 0 Å². The van der Waals surface area contributed by atoms with Crippen molar-refractivity contribution in [3.8, 4) is 0 Å². The molecule has 0 spiro atoms. The maximum atomic E-state index is 11.9. The lowest BCUT2D eigenvalue weighted by Gasteiger charge is -2.17. The Bertz CT molecular complexity index is 459. The van der Waals surface area contributed by atoms with Gasteiger partial charge in [-0.3, -0.25) is 4.79 Å². The third-order valence-electron chi connectivity index (χ3n) is 3.40. The fraction of sp³-hybridized carbons (Fsp3) is 0.500. The van der Waals surface area contributed by atoms with Crippen LogP contribution in [0.5, 0.6) is 0 Å². The van der Waals surface area contributed by atoms with Gasteiger partial charge in [-0.05, 0) is 44.0 Å². The number of benzene rings is 1. The molecule has 1 aromatic rings. The van der Waals surface area contributed by atoms with Crippen LogP contribution < -0.4 is 10.6 Å². The van der Waals surface area contributed by atoms with Crippen molar-refractivity contribution < 1.29 is 4.79 Å². The van der Waals surface area contributed by atoms with E-state index in [1.807, 2.05) is 13.0 Å². The zero-order chi connectivity index (χ0) is 13.8. The van der Waals surface area contributed by atoms with E-state index in [4.69, 9.17) is 23.2 Å². The van der Waals surface area contributed by atoms with E-state index >= 15 is 0 Å². The number of halogens is 2. The van der Waals surface area contributed by atoms with Crippen molar-refractivity contribution in [2.24, 2.45) is 0 Å². The fourth-order valence-electron chi connectivity index (χ4n) is 2.39. The molecule has 1 aliphatic heterocycles. The number of nitrogens with one attached hydrogen (secondary N) is 2. The predicted octanol–water partition coefficient (Wildman–Crippen LogP) is 3.31. The van der Waals surface area contributed by atoms with E-state index in [0.29, 0.717) is 22.5 Å². The second-order valence-electron chi connectivity index (χ2n) is 4.95. The van der Waals surface area contributed by atoms with Crippen LogP contribution in [0.3, 0.4) is 0 Å². The van der Waals surface area contributed by atoms with Crippen molar-refractivity contribution in [3.05, 3.63) is 33.8 Å². The van der Waals surface area contributed by atoms with Crippen molar-refractivity contribution in [1.82, 2.24) is 10.6 Å². The van der Waals surface area contributed by atoms with Gasteiger partial charge >= 0.3 is 0 Å². The number of rotatable bonds is 4. The van der Waals surface area contributed by atoms with Gasteiger partial charge in [0.2, 0.25) is 5.91 Å². The molecule has 0 bridgehead atoms. The molecular formula is C14H18Cl2N2O. The van der Waals surface area contributed by atoms with Crippen LogP contribution in [0, 0.1) is 0 Å². The van der Waals surface area contributed by atoms with Gasteiger partial charge in [-0.25, -0.2) is 0 Å². The summed E-state index contributed by atoms with van der Waals surface area (Å²) in [5.74, 6) is 0.0536. The molecule has 3 nitrogen and oxygen atoms in total. The maximum Gasteiger partial charge on any atom is 0.222 e. The highest BCUT2D eigenvalue weighted by Crippen LogP contribution is 2.26. The van der Waals surface area contributed by atoms with Gasteiger partial charge < -0.3 is 10.6 Å². The van der Waals surface area contributed by atoms with E-state index in [1.165, 1.54) is 0 Å². The van der Waals surface area contributed by atoms with Crippen LogP contribution in [0.2, 0.25) is 10.0 Å². The zero-order valence-corrected chi connectivity index (χ0v) is 12.4. The zero-order valence-electron chi connectivity index (χ0n) is 10.9. The second kappa shape index (κ2) is 6.60. The van der Waals surface area contributed by atoms with Crippen LogP contribution in [0.1, 0.15) is 37.8 Å². The number of hydrogen-bond acceptors (Lipinski definition) is 2. The number of hydrogen-bond donors (Lipinski definition) is 2. The molecule has 2 rings (SSSR count). The van der Waals surface area contributed by atoms with E-state index < -0.39 is 0 Å². The van der Waals surface area contributed by atoms with Crippen LogP contribution in [-0.4, -0.2) is 18.5 Å². The van der Waals surface area contributed by atoms with Gasteiger partial charge in [-0.1, -0.05) is 29.3 Å². The molecule has 0 aromatic heterocycles. The SMILES string of the molecule is CC(NC(=O)CC1CCCN1)c1ccc(Cl)cc1Cl. The summed E-state index contributed by atoms with van der Waals surface area (Å²) < 4.78 is 0. The topological polar surface area (TPSA) is 41.1 Å². The molecule has 1 fully saturated rings. The average molecular weight is 301 g/mol. The summed E-state index contributed by atoms with van der Waals surface area (Å²) in [7, 11) is 0. The molecule has 2 N–H and O–H groups in total. The molecule has 104 valence electrons. The van der Waals surface area contributed by atoms with Crippen LogP contribution in [0.25, 0.3) is 0 Å². The smallest absolute Gasteiger partial charge is 0.222 e. The highest BCUT2D eigenvalue weighted by molar-refractivity contribution is 6.35. The third-order valence-corrected chi connectivity index (χ3v) is 3.96. The first kappa shape index (κ1) is 14.6. The highest BCUT2D eigenvalue weighted by Gasteiger charge is 2.19. The molecule has 1 amide bonds. The molecule has 1 heterocycles. The second-order valence-corrected chi connectivity index (χ2v) is 5.80. The Morgan fingerprint density at radius 3 is 2.95 bits per heavy atom. The summed E-state index contributed by atoms with van der Waals surface area (Å²) in [6.07, 6.45) is 2.75. The van der Waals surface area contributed by atoms with E-state index in [2.05, 4.69) is 10.6 Å². The average Bonchev–Trinajstić information content (AvgIpc) is 2.81. The molecule has 1 aliphatic rings. The Kier molecular flexibility index (Phi) is 5.08. The Balaban J connectivity index is 1.92. The summed E-state index contributed by atoms with van der Waals surface area (Å²) in [6, 6.07) is 5.53. The van der Waals surface area contributed by atoms with Gasteiger partial charge in [-0.2, -0.15) is 0 Å². The Labute approximate surface area is 123 Å². The Hall–Kier alpha value is -0.770. The Morgan fingerprint density at radius 1 is 1.53 bits per heavy atom. The standard InChI is InChI=1S/C14H18Cl2N2O/c1-9(12-5-4-10(15)7-13(12)16)18-14(19)8-11-3-2-6-17-11/h4-5,7,9,11,17H,2-3,6,8H2,1H3,(H,18,19). The quantitative estimate of drug-likeness (QED) is 0.896. The van der Waals surface area contributed by atoms with E-state index in [-0.39, 0.29) is 11.9 Å². The first-order valence-corrected chi connectivity index (χ1v) is 7.29. The largest absolute Gasteiger partial charge is 0.349 e. The number of carbonyl (C=O) groups is 1. The van der Waals surface area contributed by atoms with Crippen molar-refractivity contribution in [2.45, 2.75) is 38.3 Å². The van der Waals surface area contributed by atoms with E-state index in [0.717, 1.165) is 24.9 Å². The minimum Gasteiger partial charge on any atom is -0.349 e. The van der Waals surface area contributed by atoms with Crippen LogP contribution in [0.15, 0.2) is 18.2 Å². The van der Waals surface area contributed by atoms with E-state index in [1.54, 1.807) is 12.1 Å². The molecule has 1 aromatic carbocycles. The van der Waals surface area contributed by atoms with Crippen LogP contribution >= 0.6 is 23.2 Å². The molecule has 0 aliphatic carbocycles. The van der Waals surface area contributed by atoms with Crippen molar-refractivity contribution in [3.63, 3.8) is 0 Å². The summed E-state index contributed by atoms with van der Waals surface area (Å²) >= 11 is 12.0. The first-order chi connectivity index (χ1) is 9.06. The fourth-order valence-corrected chi connectivity index (χ4v) is 2.96. The summed E-state index contributed by atoms with van der Waals surface area (Å²) in [4.78, 5) is 11.9. The predicted molar refractivity (Wildman–Crippen MR) is 78.7 cm³/mol. The summed E-state index contributed by atoms with van der Waals surface area (Å²) in [5, 5.41) is 7.47. The molecule has 2 atom stereocenters. The van der Waals surface area contributed by atoms with Gasteiger partial charge in [0.1, 0.15) is 0 Å². The van der Waals surface area contributed by atoms with Gasteiger partial charge in [0.25, 0.3) is 0 Å². The highest BCUT2D eigenvalue weighted by atomic mass is 35.5. The minimum absolute atomic E-state index is 0.0536. The van der Waals surface area contributed by atoms with Crippen LogP contribution in [0.4, 0.5) is 0 Å². The third kappa shape index (κ3) is 4.10. The maximum absolute atomic E-state index is 11.9. The summed E-state index contributed by atoms with van der Waals surface area (Å²) in [6.45, 7) is 2.94. The van der Waals surface area contributed by atoms with Crippen molar-refractivity contribution in [1.29, 1.82) is 0 Å². The first-order valence-electron chi connectivity index (χ1n) is 6.54. The van der Waals surface area contributed by atoms with Crippen molar-refractivity contribution in [2.75, 3.05) is 6.54 Å². The minimum atomic E-state index is -0.112. The van der Waals surface area contributed by atoms with Crippen molar-refractivity contribution >= 4 is 29.1 Å².